The van der Waals surface area contributed by atoms with Crippen LogP contribution in [-0.4, -0.2) is 44.0 Å². The van der Waals surface area contributed by atoms with Crippen LogP contribution in [0.1, 0.15) is 29.1 Å². The van der Waals surface area contributed by atoms with E-state index in [0.29, 0.717) is 54.0 Å². The normalized spacial score (nSPS) is 15.9. The molecule has 8 nitrogen and oxygen atoms in total. The van der Waals surface area contributed by atoms with E-state index in [1.54, 1.807) is 18.6 Å². The van der Waals surface area contributed by atoms with Crippen molar-refractivity contribution in [3.63, 3.8) is 0 Å². The Morgan fingerprint density at radius 1 is 1.09 bits per heavy atom. The van der Waals surface area contributed by atoms with Gasteiger partial charge in [-0.25, -0.2) is 4.98 Å². The average Bonchev–Trinajstić information content (AvgIpc) is 3.34. The number of benzene rings is 2. The van der Waals surface area contributed by atoms with Crippen molar-refractivity contribution in [3.05, 3.63) is 84.6 Å². The highest BCUT2D eigenvalue weighted by molar-refractivity contribution is 5.97. The first-order valence-corrected chi connectivity index (χ1v) is 11.0. The van der Waals surface area contributed by atoms with E-state index in [9.17, 15) is 4.79 Å². The highest BCUT2D eigenvalue weighted by Crippen LogP contribution is 2.28. The lowest BCUT2D eigenvalue weighted by molar-refractivity contribution is 0.0665. The summed E-state index contributed by atoms with van der Waals surface area (Å²) in [6, 6.07) is 16.9. The van der Waals surface area contributed by atoms with Crippen LogP contribution in [0.15, 0.2) is 77.7 Å². The summed E-state index contributed by atoms with van der Waals surface area (Å²) in [5.74, 6) is 2.43. The quantitative estimate of drug-likeness (QED) is 0.437. The summed E-state index contributed by atoms with van der Waals surface area (Å²) in [4.78, 5) is 28.0. The van der Waals surface area contributed by atoms with E-state index in [1.165, 1.54) is 0 Å². The molecular formula is C25H23N5O3. The predicted octanol–water partition coefficient (Wildman–Crippen LogP) is 4.41. The van der Waals surface area contributed by atoms with E-state index in [-0.39, 0.29) is 11.8 Å². The second-order valence-corrected chi connectivity index (χ2v) is 7.98. The van der Waals surface area contributed by atoms with Gasteiger partial charge in [0.2, 0.25) is 11.7 Å². The minimum atomic E-state index is -0.0305. The molecule has 1 fully saturated rings. The smallest absolute Gasteiger partial charge is 0.257 e. The van der Waals surface area contributed by atoms with Gasteiger partial charge in [0, 0.05) is 31.9 Å². The molecule has 1 atom stereocenters. The number of likely N-dealkylation sites (tertiary alicyclic amines) is 1. The van der Waals surface area contributed by atoms with E-state index in [4.69, 9.17) is 9.26 Å². The lowest BCUT2D eigenvalue weighted by atomic mass is 9.94. The van der Waals surface area contributed by atoms with Gasteiger partial charge in [-0.15, -0.1) is 0 Å². The van der Waals surface area contributed by atoms with Gasteiger partial charge in [-0.1, -0.05) is 35.5 Å². The number of carbonyl (C=O) groups excluding carboxylic acids is 1. The third-order valence-electron chi connectivity index (χ3n) is 5.62. The first kappa shape index (κ1) is 20.8. The fourth-order valence-electron chi connectivity index (χ4n) is 4.04. The molecule has 4 aromatic rings. The monoisotopic (exact) mass is 441 g/mol. The van der Waals surface area contributed by atoms with Gasteiger partial charge in [0.15, 0.2) is 0 Å². The topological polar surface area (TPSA) is 94.2 Å². The fourth-order valence-corrected chi connectivity index (χ4v) is 4.04. The van der Waals surface area contributed by atoms with Crippen LogP contribution >= 0.6 is 0 Å². The number of carbonyl (C=O) groups is 1. The summed E-state index contributed by atoms with van der Waals surface area (Å²) < 4.78 is 11.4. The molecular weight excluding hydrogens is 418 g/mol. The number of amides is 1. The standard InChI is InChI=1S/C25H23N5O3/c31-25(20-10-4-5-11-22(20)32-19-8-2-1-3-9-19)30-14-6-7-18(17-30)15-23-28-24(29-33-23)21-16-26-12-13-27-21/h1-5,8-13,16,18H,6-7,14-15,17H2. The molecule has 1 unspecified atom stereocenters. The van der Waals surface area contributed by atoms with E-state index in [2.05, 4.69) is 20.1 Å². The van der Waals surface area contributed by atoms with Crippen molar-refractivity contribution >= 4 is 5.91 Å². The van der Waals surface area contributed by atoms with Crippen LogP contribution in [0.4, 0.5) is 0 Å². The lowest BCUT2D eigenvalue weighted by Crippen LogP contribution is -2.40. The Morgan fingerprint density at radius 3 is 2.79 bits per heavy atom. The van der Waals surface area contributed by atoms with Gasteiger partial charge in [-0.3, -0.25) is 9.78 Å². The highest BCUT2D eigenvalue weighted by atomic mass is 16.5. The molecule has 0 bridgehead atoms. The third kappa shape index (κ3) is 4.90. The first-order chi connectivity index (χ1) is 16.3. The average molecular weight is 441 g/mol. The molecule has 2 aromatic heterocycles. The summed E-state index contributed by atoms with van der Waals surface area (Å²) in [6.45, 7) is 1.34. The number of hydrogen-bond donors (Lipinski definition) is 0. The maximum atomic E-state index is 13.4. The Bertz CT molecular complexity index is 1210. The van der Waals surface area contributed by atoms with E-state index < -0.39 is 0 Å². The Balaban J connectivity index is 1.27. The SMILES string of the molecule is O=C(c1ccccc1Oc1ccccc1)N1CCCC(Cc2nc(-c3cnccn3)no2)C1. The zero-order valence-electron chi connectivity index (χ0n) is 18.0. The van der Waals surface area contributed by atoms with Crippen molar-refractivity contribution in [1.82, 2.24) is 25.0 Å². The molecule has 5 rings (SSSR count). The number of piperidine rings is 1. The summed E-state index contributed by atoms with van der Waals surface area (Å²) >= 11 is 0. The van der Waals surface area contributed by atoms with Crippen LogP contribution in [-0.2, 0) is 6.42 Å². The predicted molar refractivity (Wildman–Crippen MR) is 121 cm³/mol. The molecule has 0 saturated carbocycles. The van der Waals surface area contributed by atoms with Crippen LogP contribution in [0.5, 0.6) is 11.5 Å². The molecule has 3 heterocycles. The molecule has 0 N–H and O–H groups in total. The van der Waals surface area contributed by atoms with Gasteiger partial charge in [0.25, 0.3) is 5.91 Å². The summed E-state index contributed by atoms with van der Waals surface area (Å²) in [6.07, 6.45) is 7.32. The van der Waals surface area contributed by atoms with E-state index >= 15 is 0 Å². The summed E-state index contributed by atoms with van der Waals surface area (Å²) in [5.41, 5.74) is 1.13. The molecule has 33 heavy (non-hydrogen) atoms. The van der Waals surface area contributed by atoms with Crippen molar-refractivity contribution in [2.24, 2.45) is 5.92 Å². The van der Waals surface area contributed by atoms with Gasteiger partial charge in [0.1, 0.15) is 17.2 Å². The Morgan fingerprint density at radius 2 is 1.94 bits per heavy atom. The Labute approximate surface area is 191 Å². The van der Waals surface area contributed by atoms with Crippen molar-refractivity contribution in [2.75, 3.05) is 13.1 Å². The molecule has 8 heteroatoms. The van der Waals surface area contributed by atoms with Crippen LogP contribution in [0.25, 0.3) is 11.5 Å². The molecule has 1 saturated heterocycles. The molecule has 2 aromatic carbocycles. The van der Waals surface area contributed by atoms with Crippen molar-refractivity contribution in [3.8, 4) is 23.0 Å². The molecule has 0 radical (unpaired) electrons. The third-order valence-corrected chi connectivity index (χ3v) is 5.62. The van der Waals surface area contributed by atoms with Crippen LogP contribution in [0.2, 0.25) is 0 Å². The molecule has 166 valence electrons. The number of nitrogens with zero attached hydrogens (tertiary/aromatic N) is 5. The van der Waals surface area contributed by atoms with Crippen molar-refractivity contribution in [2.45, 2.75) is 19.3 Å². The van der Waals surface area contributed by atoms with Crippen LogP contribution in [0.3, 0.4) is 0 Å². The van der Waals surface area contributed by atoms with Crippen LogP contribution in [0, 0.1) is 5.92 Å². The van der Waals surface area contributed by atoms with E-state index in [0.717, 1.165) is 12.8 Å². The maximum Gasteiger partial charge on any atom is 0.257 e. The summed E-state index contributed by atoms with van der Waals surface area (Å²) in [5, 5.41) is 4.02. The van der Waals surface area contributed by atoms with Gasteiger partial charge < -0.3 is 14.2 Å². The van der Waals surface area contributed by atoms with Gasteiger partial charge in [0.05, 0.1) is 11.8 Å². The van der Waals surface area contributed by atoms with Crippen LogP contribution < -0.4 is 4.74 Å². The summed E-state index contributed by atoms with van der Waals surface area (Å²) in [7, 11) is 0. The first-order valence-electron chi connectivity index (χ1n) is 11.0. The number of ether oxygens (including phenoxy) is 1. The molecule has 1 aliphatic heterocycles. The number of hydrogen-bond acceptors (Lipinski definition) is 7. The second-order valence-electron chi connectivity index (χ2n) is 7.98. The highest BCUT2D eigenvalue weighted by Gasteiger charge is 2.28. The zero-order valence-corrected chi connectivity index (χ0v) is 18.0. The number of aromatic nitrogens is 4. The second kappa shape index (κ2) is 9.60. The van der Waals surface area contributed by atoms with Gasteiger partial charge in [-0.05, 0) is 43.0 Å². The Hall–Kier alpha value is -4.07. The lowest BCUT2D eigenvalue weighted by Gasteiger charge is -2.32. The molecule has 1 amide bonds. The maximum absolute atomic E-state index is 13.4. The van der Waals surface area contributed by atoms with Gasteiger partial charge >= 0.3 is 0 Å². The minimum absolute atomic E-state index is 0.0305. The molecule has 0 spiro atoms. The fraction of sp³-hybridized carbons (Fsp3) is 0.240. The molecule has 0 aliphatic carbocycles. The van der Waals surface area contributed by atoms with Crippen molar-refractivity contribution < 1.29 is 14.1 Å². The largest absolute Gasteiger partial charge is 0.457 e. The zero-order chi connectivity index (χ0) is 22.5. The number of rotatable bonds is 6. The van der Waals surface area contributed by atoms with Gasteiger partial charge in [-0.2, -0.15) is 4.98 Å². The van der Waals surface area contributed by atoms with Crippen molar-refractivity contribution in [1.29, 1.82) is 0 Å². The minimum Gasteiger partial charge on any atom is -0.457 e. The number of para-hydroxylation sites is 2. The van der Waals surface area contributed by atoms with E-state index in [1.807, 2.05) is 59.5 Å². The molecule has 1 aliphatic rings. The Kier molecular flexibility index (Phi) is 6.06.